The third kappa shape index (κ3) is 6.42. The minimum absolute atomic E-state index is 0.262. The summed E-state index contributed by atoms with van der Waals surface area (Å²) in [5.74, 6) is 0.262. The summed E-state index contributed by atoms with van der Waals surface area (Å²) in [6.45, 7) is 8.14. The lowest BCUT2D eigenvalue weighted by atomic mass is 9.87. The fraction of sp³-hybridized carbons (Fsp3) is 1.00. The molecular weight excluding hydrogens is 172 g/mol. The van der Waals surface area contributed by atoms with Crippen molar-refractivity contribution in [2.24, 2.45) is 5.92 Å². The molecule has 1 nitrogen and oxygen atoms in total. The van der Waals surface area contributed by atoms with Crippen molar-refractivity contribution in [3.8, 4) is 0 Å². The molecule has 0 aliphatic heterocycles. The van der Waals surface area contributed by atoms with E-state index in [0.717, 1.165) is 12.8 Å². The minimum Gasteiger partial charge on any atom is -0.230 e. The van der Waals surface area contributed by atoms with Gasteiger partial charge in [-0.25, -0.2) is 5.11 Å². The van der Waals surface area contributed by atoms with Crippen molar-refractivity contribution < 1.29 is 5.11 Å². The highest BCUT2D eigenvalue weighted by atomic mass is 16.3. The van der Waals surface area contributed by atoms with Crippen LogP contribution >= 0.6 is 0 Å². The summed E-state index contributed by atoms with van der Waals surface area (Å²) in [5, 5.41) is 11.9. The van der Waals surface area contributed by atoms with Gasteiger partial charge in [0.25, 0.3) is 0 Å². The molecule has 0 heterocycles. The van der Waals surface area contributed by atoms with Gasteiger partial charge in [-0.2, -0.15) is 0 Å². The Morgan fingerprint density at radius 1 is 1.00 bits per heavy atom. The van der Waals surface area contributed by atoms with Crippen LogP contribution in [0.1, 0.15) is 72.6 Å². The number of rotatable bonds is 8. The summed E-state index contributed by atoms with van der Waals surface area (Å²) in [5.41, 5.74) is -0.704. The van der Waals surface area contributed by atoms with Crippen LogP contribution in [-0.2, 0) is 5.11 Å². The van der Waals surface area contributed by atoms with Crippen LogP contribution in [0.2, 0.25) is 0 Å². The zero-order valence-corrected chi connectivity index (χ0v) is 10.4. The predicted molar refractivity (Wildman–Crippen MR) is 61.9 cm³/mol. The summed E-state index contributed by atoms with van der Waals surface area (Å²) >= 11 is 0. The predicted octanol–water partition coefficient (Wildman–Crippen LogP) is 4.58. The Morgan fingerprint density at radius 3 is 2.00 bits per heavy atom. The molecule has 1 heteroatoms. The van der Waals surface area contributed by atoms with Crippen LogP contribution in [0.4, 0.5) is 0 Å². The molecule has 1 unspecified atom stereocenters. The van der Waals surface area contributed by atoms with Crippen molar-refractivity contribution >= 4 is 0 Å². The van der Waals surface area contributed by atoms with Gasteiger partial charge in [-0.3, -0.25) is 0 Å². The standard InChI is InChI=1S/C13H27O/c1-5-6-7-8-9-10-11-13(4,14)12(2)3/h12H,5-11H2,1-4H3. The molecule has 85 valence electrons. The summed E-state index contributed by atoms with van der Waals surface area (Å²) in [4.78, 5) is 0. The first-order chi connectivity index (χ1) is 6.50. The van der Waals surface area contributed by atoms with Gasteiger partial charge in [0, 0.05) is 0 Å². The summed E-state index contributed by atoms with van der Waals surface area (Å²) in [7, 11) is 0. The highest BCUT2D eigenvalue weighted by molar-refractivity contribution is 4.75. The van der Waals surface area contributed by atoms with Gasteiger partial charge in [-0.05, 0) is 19.3 Å². The van der Waals surface area contributed by atoms with Crippen LogP contribution in [0.15, 0.2) is 0 Å². The molecule has 14 heavy (non-hydrogen) atoms. The first kappa shape index (κ1) is 14.0. The van der Waals surface area contributed by atoms with Crippen molar-refractivity contribution in [1.82, 2.24) is 0 Å². The van der Waals surface area contributed by atoms with E-state index in [0.29, 0.717) is 0 Å². The molecule has 0 amide bonds. The largest absolute Gasteiger partial charge is 0.230 e. The lowest BCUT2D eigenvalue weighted by molar-refractivity contribution is -0.0596. The van der Waals surface area contributed by atoms with E-state index in [1.54, 1.807) is 0 Å². The Bertz CT molecular complexity index is 127. The maximum absolute atomic E-state index is 11.9. The summed E-state index contributed by atoms with van der Waals surface area (Å²) < 4.78 is 0. The monoisotopic (exact) mass is 199 g/mol. The highest BCUT2D eigenvalue weighted by Crippen LogP contribution is 2.24. The Balaban J connectivity index is 3.35. The van der Waals surface area contributed by atoms with Gasteiger partial charge >= 0.3 is 0 Å². The first-order valence-electron chi connectivity index (χ1n) is 6.21. The van der Waals surface area contributed by atoms with E-state index < -0.39 is 5.60 Å². The van der Waals surface area contributed by atoms with Crippen molar-refractivity contribution in [2.45, 2.75) is 78.2 Å². The lowest BCUT2D eigenvalue weighted by Gasteiger charge is -2.24. The summed E-state index contributed by atoms with van der Waals surface area (Å²) in [6, 6.07) is 0. The van der Waals surface area contributed by atoms with Crippen LogP contribution < -0.4 is 0 Å². The van der Waals surface area contributed by atoms with Crippen LogP contribution in [-0.4, -0.2) is 5.60 Å². The molecule has 0 rings (SSSR count). The van der Waals surface area contributed by atoms with Gasteiger partial charge in [0.05, 0.1) is 0 Å². The Hall–Kier alpha value is -0.0400. The lowest BCUT2D eigenvalue weighted by Crippen LogP contribution is -2.28. The average molecular weight is 199 g/mol. The van der Waals surface area contributed by atoms with Gasteiger partial charge in [0.1, 0.15) is 5.60 Å². The Morgan fingerprint density at radius 2 is 1.50 bits per heavy atom. The fourth-order valence-corrected chi connectivity index (χ4v) is 1.55. The SMILES string of the molecule is CCCCCCCCC(C)([O])C(C)C. The van der Waals surface area contributed by atoms with E-state index in [2.05, 4.69) is 6.92 Å². The molecule has 0 bridgehead atoms. The van der Waals surface area contributed by atoms with Crippen LogP contribution in [0, 0.1) is 5.92 Å². The third-order valence-electron chi connectivity index (χ3n) is 3.25. The molecule has 0 N–H and O–H groups in total. The molecule has 1 atom stereocenters. The maximum atomic E-state index is 11.9. The van der Waals surface area contributed by atoms with E-state index in [1.165, 1.54) is 32.1 Å². The van der Waals surface area contributed by atoms with E-state index in [1.807, 2.05) is 20.8 Å². The van der Waals surface area contributed by atoms with E-state index in [9.17, 15) is 5.11 Å². The second-order valence-corrected chi connectivity index (χ2v) is 4.99. The smallest absolute Gasteiger partial charge is 0.103 e. The quantitative estimate of drug-likeness (QED) is 0.510. The average Bonchev–Trinajstić information content (AvgIpc) is 2.10. The topological polar surface area (TPSA) is 19.9 Å². The van der Waals surface area contributed by atoms with Gasteiger partial charge in [0.2, 0.25) is 0 Å². The van der Waals surface area contributed by atoms with Crippen molar-refractivity contribution in [1.29, 1.82) is 0 Å². The number of unbranched alkanes of at least 4 members (excludes halogenated alkanes) is 5. The van der Waals surface area contributed by atoms with E-state index in [-0.39, 0.29) is 5.92 Å². The molecule has 0 saturated heterocycles. The third-order valence-corrected chi connectivity index (χ3v) is 3.25. The minimum atomic E-state index is -0.704. The molecule has 0 saturated carbocycles. The van der Waals surface area contributed by atoms with Crippen LogP contribution in [0.25, 0.3) is 0 Å². The molecule has 0 aliphatic rings. The van der Waals surface area contributed by atoms with Gasteiger partial charge < -0.3 is 0 Å². The molecule has 0 aromatic carbocycles. The van der Waals surface area contributed by atoms with E-state index >= 15 is 0 Å². The van der Waals surface area contributed by atoms with Gasteiger partial charge in [-0.1, -0.05) is 59.3 Å². The molecule has 1 radical (unpaired) electrons. The maximum Gasteiger partial charge on any atom is 0.103 e. The molecule has 0 aliphatic carbocycles. The number of hydrogen-bond acceptors (Lipinski definition) is 0. The van der Waals surface area contributed by atoms with Crippen LogP contribution in [0.5, 0.6) is 0 Å². The zero-order chi connectivity index (χ0) is 11.0. The van der Waals surface area contributed by atoms with Crippen LogP contribution in [0.3, 0.4) is 0 Å². The fourth-order valence-electron chi connectivity index (χ4n) is 1.55. The first-order valence-corrected chi connectivity index (χ1v) is 6.21. The molecular formula is C13H27O. The Labute approximate surface area is 89.9 Å². The highest BCUT2D eigenvalue weighted by Gasteiger charge is 2.26. The van der Waals surface area contributed by atoms with Crippen molar-refractivity contribution in [3.63, 3.8) is 0 Å². The molecule has 0 aromatic heterocycles. The zero-order valence-electron chi connectivity index (χ0n) is 10.4. The van der Waals surface area contributed by atoms with Crippen molar-refractivity contribution in [2.75, 3.05) is 0 Å². The second-order valence-electron chi connectivity index (χ2n) is 4.99. The van der Waals surface area contributed by atoms with E-state index in [4.69, 9.17) is 0 Å². The molecule has 0 aromatic rings. The normalized spacial score (nSPS) is 15.9. The number of hydrogen-bond donors (Lipinski definition) is 0. The van der Waals surface area contributed by atoms with Gasteiger partial charge in [0.15, 0.2) is 0 Å². The summed E-state index contributed by atoms with van der Waals surface area (Å²) in [6.07, 6.45) is 8.49. The Kier molecular flexibility index (Phi) is 7.26. The van der Waals surface area contributed by atoms with Crippen molar-refractivity contribution in [3.05, 3.63) is 0 Å². The van der Waals surface area contributed by atoms with Gasteiger partial charge in [-0.15, -0.1) is 0 Å². The second kappa shape index (κ2) is 7.28. The molecule has 0 fully saturated rings. The molecule has 0 spiro atoms.